The smallest absolute Gasteiger partial charge is 0.251 e. The SMILES string of the molecule is CCNC(=O)[C@@H](NC(=O)[C@H](C)NC[C@H](Cc1ccccc1)NC(=O)c1cc(Cl)cc(C(=O)NC(C)c2ccsc2)c1)C(C)C. The fraction of sp³-hybridized carbons (Fsp3) is 0.394. The van der Waals surface area contributed by atoms with Crippen LogP contribution in [-0.4, -0.2) is 54.8 Å². The summed E-state index contributed by atoms with van der Waals surface area (Å²) in [5.41, 5.74) is 2.52. The van der Waals surface area contributed by atoms with Crippen molar-refractivity contribution in [2.45, 2.75) is 65.2 Å². The molecular weight excluding hydrogens is 598 g/mol. The Morgan fingerprint density at radius 1 is 0.841 bits per heavy atom. The van der Waals surface area contributed by atoms with E-state index in [0.717, 1.165) is 11.1 Å². The Balaban J connectivity index is 1.71. The minimum absolute atomic E-state index is 0.0914. The van der Waals surface area contributed by atoms with Crippen molar-refractivity contribution >= 4 is 46.6 Å². The van der Waals surface area contributed by atoms with Gasteiger partial charge in [0.1, 0.15) is 6.04 Å². The first-order chi connectivity index (χ1) is 21.0. The summed E-state index contributed by atoms with van der Waals surface area (Å²) in [6, 6.07) is 14.3. The molecule has 0 aliphatic carbocycles. The van der Waals surface area contributed by atoms with Gasteiger partial charge in [-0.2, -0.15) is 11.3 Å². The van der Waals surface area contributed by atoms with Crippen LogP contribution in [0.4, 0.5) is 0 Å². The monoisotopic (exact) mass is 639 g/mol. The van der Waals surface area contributed by atoms with Crippen molar-refractivity contribution in [2.24, 2.45) is 5.92 Å². The summed E-state index contributed by atoms with van der Waals surface area (Å²) in [5, 5.41) is 19.0. The van der Waals surface area contributed by atoms with E-state index in [9.17, 15) is 19.2 Å². The van der Waals surface area contributed by atoms with Gasteiger partial charge in [0.05, 0.1) is 12.1 Å². The topological polar surface area (TPSA) is 128 Å². The van der Waals surface area contributed by atoms with E-state index in [1.165, 1.54) is 18.2 Å². The molecule has 1 heterocycles. The van der Waals surface area contributed by atoms with Crippen molar-refractivity contribution in [2.75, 3.05) is 13.1 Å². The number of thiophene rings is 1. The molecule has 3 aromatic rings. The molecule has 0 aliphatic rings. The number of carbonyl (C=O) groups excluding carboxylic acids is 4. The van der Waals surface area contributed by atoms with Crippen molar-refractivity contribution in [1.29, 1.82) is 0 Å². The first kappa shape index (κ1) is 34.8. The number of hydrogen-bond acceptors (Lipinski definition) is 6. The summed E-state index contributed by atoms with van der Waals surface area (Å²) < 4.78 is 0. The molecule has 9 nitrogen and oxygen atoms in total. The van der Waals surface area contributed by atoms with Crippen LogP contribution in [0, 0.1) is 5.92 Å². The number of nitrogens with one attached hydrogen (secondary N) is 5. The normalized spacial score (nSPS) is 13.8. The zero-order chi connectivity index (χ0) is 32.2. The molecular formula is C33H42ClN5O4S. The third-order valence-electron chi connectivity index (χ3n) is 7.13. The van der Waals surface area contributed by atoms with Crippen LogP contribution in [0.5, 0.6) is 0 Å². The second-order valence-corrected chi connectivity index (χ2v) is 12.3. The zero-order valence-electron chi connectivity index (χ0n) is 25.8. The summed E-state index contributed by atoms with van der Waals surface area (Å²) in [6.07, 6.45) is 0.494. The summed E-state index contributed by atoms with van der Waals surface area (Å²) in [7, 11) is 0. The Kier molecular flexibility index (Phi) is 13.4. The van der Waals surface area contributed by atoms with Crippen molar-refractivity contribution < 1.29 is 19.2 Å². The Hall–Kier alpha value is -3.73. The van der Waals surface area contributed by atoms with E-state index in [-0.39, 0.29) is 52.4 Å². The van der Waals surface area contributed by atoms with Gasteiger partial charge in [-0.1, -0.05) is 55.8 Å². The second-order valence-electron chi connectivity index (χ2n) is 11.1. The molecule has 0 saturated heterocycles. The molecule has 0 radical (unpaired) electrons. The third-order valence-corrected chi connectivity index (χ3v) is 8.05. The lowest BCUT2D eigenvalue weighted by Gasteiger charge is -2.25. The van der Waals surface area contributed by atoms with E-state index >= 15 is 0 Å². The minimum Gasteiger partial charge on any atom is -0.355 e. The van der Waals surface area contributed by atoms with Gasteiger partial charge in [0.15, 0.2) is 0 Å². The van der Waals surface area contributed by atoms with Crippen molar-refractivity contribution in [3.8, 4) is 0 Å². The molecule has 0 saturated carbocycles. The van der Waals surface area contributed by atoms with E-state index in [0.29, 0.717) is 13.0 Å². The van der Waals surface area contributed by atoms with Gasteiger partial charge in [0.25, 0.3) is 11.8 Å². The Labute approximate surface area is 268 Å². The minimum atomic E-state index is -0.658. The summed E-state index contributed by atoms with van der Waals surface area (Å²) in [5.74, 6) is -1.38. The number of likely N-dealkylation sites (N-methyl/N-ethyl adjacent to an activating group) is 1. The maximum atomic E-state index is 13.5. The molecule has 0 fully saturated rings. The fourth-order valence-corrected chi connectivity index (χ4v) is 5.58. The molecule has 5 N–H and O–H groups in total. The standard InChI is InChI=1S/C33H42ClN5O4S/c1-6-35-33(43)29(20(2)3)39-30(40)22(5)36-18-28(14-23-10-8-7-9-11-23)38-32(42)26-15-25(16-27(34)17-26)31(41)37-21(4)24-12-13-44-19-24/h7-13,15-17,19-22,28-29,36H,6,14,18H2,1-5H3,(H,35,43)(H,37,41)(H,38,42)(H,39,40)/t21?,22-,28-,29-/m0/s1. The lowest BCUT2D eigenvalue weighted by molar-refractivity contribution is -0.130. The molecule has 1 unspecified atom stereocenters. The van der Waals surface area contributed by atoms with Gasteiger partial charge >= 0.3 is 0 Å². The molecule has 236 valence electrons. The average molecular weight is 640 g/mol. The number of halogens is 1. The average Bonchev–Trinajstić information content (AvgIpc) is 3.54. The van der Waals surface area contributed by atoms with Gasteiger partial charge in [0, 0.05) is 35.3 Å². The number of benzene rings is 2. The summed E-state index contributed by atoms with van der Waals surface area (Å²) >= 11 is 7.89. The predicted octanol–water partition coefficient (Wildman–Crippen LogP) is 4.49. The van der Waals surface area contributed by atoms with Crippen LogP contribution in [0.25, 0.3) is 0 Å². The van der Waals surface area contributed by atoms with Gasteiger partial charge in [0.2, 0.25) is 11.8 Å². The number of hydrogen-bond donors (Lipinski definition) is 5. The Bertz CT molecular complexity index is 1400. The molecule has 4 amide bonds. The first-order valence-corrected chi connectivity index (χ1v) is 16.1. The molecule has 0 bridgehead atoms. The molecule has 4 atom stereocenters. The fourth-order valence-electron chi connectivity index (χ4n) is 4.59. The van der Waals surface area contributed by atoms with Crippen molar-refractivity contribution in [3.63, 3.8) is 0 Å². The number of carbonyl (C=O) groups is 4. The molecule has 0 spiro atoms. The highest BCUT2D eigenvalue weighted by Gasteiger charge is 2.26. The molecule has 11 heteroatoms. The van der Waals surface area contributed by atoms with Crippen LogP contribution < -0.4 is 26.6 Å². The van der Waals surface area contributed by atoms with Crippen molar-refractivity contribution in [3.05, 3.63) is 92.6 Å². The number of amides is 4. The first-order valence-electron chi connectivity index (χ1n) is 14.8. The van der Waals surface area contributed by atoms with Crippen LogP contribution in [0.1, 0.15) is 72.5 Å². The Morgan fingerprint density at radius 3 is 2.09 bits per heavy atom. The van der Waals surface area contributed by atoms with Crippen LogP contribution in [0.15, 0.2) is 65.4 Å². The van der Waals surface area contributed by atoms with E-state index in [1.54, 1.807) is 18.3 Å². The molecule has 1 aromatic heterocycles. The maximum absolute atomic E-state index is 13.5. The van der Waals surface area contributed by atoms with Gasteiger partial charge < -0.3 is 26.6 Å². The van der Waals surface area contributed by atoms with Gasteiger partial charge in [-0.25, -0.2) is 0 Å². The highest BCUT2D eigenvalue weighted by Crippen LogP contribution is 2.19. The zero-order valence-corrected chi connectivity index (χ0v) is 27.4. The highest BCUT2D eigenvalue weighted by atomic mass is 35.5. The van der Waals surface area contributed by atoms with E-state index in [1.807, 2.05) is 74.9 Å². The largest absolute Gasteiger partial charge is 0.355 e. The van der Waals surface area contributed by atoms with Crippen LogP contribution in [-0.2, 0) is 16.0 Å². The second kappa shape index (κ2) is 16.9. The van der Waals surface area contributed by atoms with E-state index < -0.39 is 24.0 Å². The molecule has 0 aliphatic heterocycles. The van der Waals surface area contributed by atoms with E-state index in [2.05, 4.69) is 26.6 Å². The molecule has 2 aromatic carbocycles. The quantitative estimate of drug-likeness (QED) is 0.167. The summed E-state index contributed by atoms with van der Waals surface area (Å²) in [4.78, 5) is 51.9. The van der Waals surface area contributed by atoms with Crippen LogP contribution >= 0.6 is 22.9 Å². The Morgan fingerprint density at radius 2 is 1.50 bits per heavy atom. The lowest BCUT2D eigenvalue weighted by atomic mass is 10.0. The van der Waals surface area contributed by atoms with Crippen molar-refractivity contribution in [1.82, 2.24) is 26.6 Å². The van der Waals surface area contributed by atoms with Crippen LogP contribution in [0.3, 0.4) is 0 Å². The van der Waals surface area contributed by atoms with Crippen LogP contribution in [0.2, 0.25) is 5.02 Å². The predicted molar refractivity (Wildman–Crippen MR) is 176 cm³/mol. The number of rotatable bonds is 15. The third kappa shape index (κ3) is 10.5. The highest BCUT2D eigenvalue weighted by molar-refractivity contribution is 7.08. The lowest BCUT2D eigenvalue weighted by Crippen LogP contribution is -2.55. The van der Waals surface area contributed by atoms with E-state index in [4.69, 9.17) is 11.6 Å². The van der Waals surface area contributed by atoms with Gasteiger partial charge in [-0.15, -0.1) is 0 Å². The molecule has 3 rings (SSSR count). The maximum Gasteiger partial charge on any atom is 0.251 e. The van der Waals surface area contributed by atoms with Gasteiger partial charge in [-0.05, 0) is 79.3 Å². The summed E-state index contributed by atoms with van der Waals surface area (Å²) in [6.45, 7) is 9.93. The molecule has 44 heavy (non-hydrogen) atoms. The van der Waals surface area contributed by atoms with Gasteiger partial charge in [-0.3, -0.25) is 19.2 Å².